The number of aromatic nitrogens is 1. The summed E-state index contributed by atoms with van der Waals surface area (Å²) in [6.45, 7) is 5.14. The molecule has 3 heteroatoms. The van der Waals surface area contributed by atoms with Gasteiger partial charge in [0, 0.05) is 25.0 Å². The van der Waals surface area contributed by atoms with Crippen molar-refractivity contribution in [3.05, 3.63) is 30.1 Å². The van der Waals surface area contributed by atoms with Gasteiger partial charge >= 0.3 is 0 Å². The molecule has 1 aromatic rings. The summed E-state index contributed by atoms with van der Waals surface area (Å²) in [5.41, 5.74) is 1.30. The Morgan fingerprint density at radius 1 is 1.59 bits per heavy atom. The Morgan fingerprint density at radius 2 is 2.53 bits per heavy atom. The summed E-state index contributed by atoms with van der Waals surface area (Å²) < 4.78 is 5.52. The minimum Gasteiger partial charge on any atom is -0.381 e. The fourth-order valence-electron chi connectivity index (χ4n) is 2.32. The van der Waals surface area contributed by atoms with E-state index in [2.05, 4.69) is 23.3 Å². The maximum absolute atomic E-state index is 5.52. The van der Waals surface area contributed by atoms with E-state index >= 15 is 0 Å². The first kappa shape index (κ1) is 12.5. The van der Waals surface area contributed by atoms with Crippen LogP contribution in [0.25, 0.3) is 0 Å². The van der Waals surface area contributed by atoms with Crippen molar-refractivity contribution < 1.29 is 4.74 Å². The number of nitrogens with zero attached hydrogens (tertiary/aromatic N) is 1. The smallest absolute Gasteiger partial charge is 0.0509 e. The van der Waals surface area contributed by atoms with Gasteiger partial charge in [0.15, 0.2) is 0 Å². The van der Waals surface area contributed by atoms with Gasteiger partial charge in [0.2, 0.25) is 0 Å². The number of rotatable bonds is 5. The van der Waals surface area contributed by atoms with E-state index in [1.165, 1.54) is 18.4 Å². The van der Waals surface area contributed by atoms with Crippen LogP contribution >= 0.6 is 0 Å². The van der Waals surface area contributed by atoms with Crippen LogP contribution in [0.2, 0.25) is 0 Å². The van der Waals surface area contributed by atoms with Crippen molar-refractivity contribution in [2.75, 3.05) is 19.8 Å². The predicted octanol–water partition coefficient (Wildman–Crippen LogP) is 2.03. The molecule has 0 saturated carbocycles. The minimum atomic E-state index is 0.548. The molecule has 0 amide bonds. The topological polar surface area (TPSA) is 34.2 Å². The van der Waals surface area contributed by atoms with Crippen LogP contribution in [-0.2, 0) is 11.2 Å². The highest BCUT2D eigenvalue weighted by atomic mass is 16.5. The van der Waals surface area contributed by atoms with Crippen molar-refractivity contribution in [1.29, 1.82) is 0 Å². The highest BCUT2D eigenvalue weighted by molar-refractivity contribution is 5.08. The summed E-state index contributed by atoms with van der Waals surface area (Å²) in [6, 6.07) is 4.67. The Kier molecular flexibility index (Phi) is 4.95. The highest BCUT2D eigenvalue weighted by Gasteiger charge is 2.19. The summed E-state index contributed by atoms with van der Waals surface area (Å²) in [5, 5.41) is 3.59. The second kappa shape index (κ2) is 6.72. The van der Waals surface area contributed by atoms with Gasteiger partial charge in [0.25, 0.3) is 0 Å². The lowest BCUT2D eigenvalue weighted by Crippen LogP contribution is -2.38. The third-order valence-corrected chi connectivity index (χ3v) is 3.51. The Hall–Kier alpha value is -0.930. The Balaban J connectivity index is 1.67. The molecule has 0 bridgehead atoms. The fourth-order valence-corrected chi connectivity index (χ4v) is 2.32. The highest BCUT2D eigenvalue weighted by Crippen LogP contribution is 2.17. The Morgan fingerprint density at radius 3 is 3.24 bits per heavy atom. The van der Waals surface area contributed by atoms with Crippen LogP contribution in [0.1, 0.15) is 25.3 Å². The van der Waals surface area contributed by atoms with Crippen LogP contribution in [0.3, 0.4) is 0 Å². The van der Waals surface area contributed by atoms with Gasteiger partial charge in [0.05, 0.1) is 6.61 Å². The number of ether oxygens (including phenoxy) is 1. The van der Waals surface area contributed by atoms with E-state index in [1.54, 1.807) is 0 Å². The van der Waals surface area contributed by atoms with Crippen LogP contribution in [0.4, 0.5) is 0 Å². The van der Waals surface area contributed by atoms with Gasteiger partial charge in [-0.15, -0.1) is 0 Å². The molecule has 0 radical (unpaired) electrons. The van der Waals surface area contributed by atoms with Crippen LogP contribution in [0.15, 0.2) is 24.5 Å². The maximum Gasteiger partial charge on any atom is 0.0509 e. The lowest BCUT2D eigenvalue weighted by molar-refractivity contribution is 0.0421. The summed E-state index contributed by atoms with van der Waals surface area (Å²) in [7, 11) is 0. The largest absolute Gasteiger partial charge is 0.381 e. The molecule has 2 atom stereocenters. The van der Waals surface area contributed by atoms with Crippen LogP contribution in [-0.4, -0.2) is 30.8 Å². The SMILES string of the molecule is CC(NCCc1cccnc1)C1CCCOC1. The first-order chi connectivity index (χ1) is 8.36. The summed E-state index contributed by atoms with van der Waals surface area (Å²) in [5.74, 6) is 0.678. The monoisotopic (exact) mass is 234 g/mol. The molecule has 94 valence electrons. The molecule has 2 unspecified atom stereocenters. The maximum atomic E-state index is 5.52. The zero-order valence-electron chi connectivity index (χ0n) is 10.6. The molecule has 1 fully saturated rings. The molecule has 1 aliphatic heterocycles. The average molecular weight is 234 g/mol. The third kappa shape index (κ3) is 4.10. The van der Waals surface area contributed by atoms with Gasteiger partial charge in [-0.1, -0.05) is 6.07 Å². The lowest BCUT2D eigenvalue weighted by Gasteiger charge is -2.28. The molecular formula is C14H22N2O. The molecule has 1 aromatic heterocycles. The van der Waals surface area contributed by atoms with E-state index in [0.717, 1.165) is 26.2 Å². The minimum absolute atomic E-state index is 0.548. The van der Waals surface area contributed by atoms with Gasteiger partial charge in [0.1, 0.15) is 0 Å². The van der Waals surface area contributed by atoms with Crippen molar-refractivity contribution >= 4 is 0 Å². The van der Waals surface area contributed by atoms with Crippen molar-refractivity contribution in [2.24, 2.45) is 5.92 Å². The number of hydrogen-bond donors (Lipinski definition) is 1. The zero-order chi connectivity index (χ0) is 11.9. The molecule has 1 N–H and O–H groups in total. The van der Waals surface area contributed by atoms with Gasteiger partial charge < -0.3 is 10.1 Å². The van der Waals surface area contributed by atoms with Crippen LogP contribution in [0.5, 0.6) is 0 Å². The molecule has 0 aromatic carbocycles. The Bertz CT molecular complexity index is 309. The van der Waals surface area contributed by atoms with Crippen LogP contribution in [0, 0.1) is 5.92 Å². The molecular weight excluding hydrogens is 212 g/mol. The van der Waals surface area contributed by atoms with Crippen molar-refractivity contribution in [3.8, 4) is 0 Å². The normalized spacial score (nSPS) is 22.3. The van der Waals surface area contributed by atoms with Gasteiger partial charge in [-0.25, -0.2) is 0 Å². The van der Waals surface area contributed by atoms with E-state index < -0.39 is 0 Å². The molecule has 0 spiro atoms. The standard InChI is InChI=1S/C14H22N2O/c1-12(14-5-3-9-17-11-14)16-8-6-13-4-2-7-15-10-13/h2,4,7,10,12,14,16H,3,5-6,8-9,11H2,1H3. The summed E-state index contributed by atoms with van der Waals surface area (Å²) in [4.78, 5) is 4.12. The van der Waals surface area contributed by atoms with E-state index in [4.69, 9.17) is 4.74 Å². The van der Waals surface area contributed by atoms with E-state index in [0.29, 0.717) is 12.0 Å². The second-order valence-electron chi connectivity index (χ2n) is 4.83. The van der Waals surface area contributed by atoms with Gasteiger partial charge in [-0.05, 0) is 50.3 Å². The van der Waals surface area contributed by atoms with Gasteiger partial charge in [-0.2, -0.15) is 0 Å². The molecule has 1 aliphatic rings. The summed E-state index contributed by atoms with van der Waals surface area (Å²) in [6.07, 6.45) is 7.31. The van der Waals surface area contributed by atoms with Crippen LogP contribution < -0.4 is 5.32 Å². The number of hydrogen-bond acceptors (Lipinski definition) is 3. The van der Waals surface area contributed by atoms with E-state index in [-0.39, 0.29) is 0 Å². The average Bonchev–Trinajstić information content (AvgIpc) is 2.41. The van der Waals surface area contributed by atoms with Crippen molar-refractivity contribution in [3.63, 3.8) is 0 Å². The lowest BCUT2D eigenvalue weighted by atomic mass is 9.95. The van der Waals surface area contributed by atoms with E-state index in [9.17, 15) is 0 Å². The first-order valence-corrected chi connectivity index (χ1v) is 6.56. The molecule has 3 nitrogen and oxygen atoms in total. The molecule has 17 heavy (non-hydrogen) atoms. The second-order valence-corrected chi connectivity index (χ2v) is 4.83. The first-order valence-electron chi connectivity index (χ1n) is 6.56. The van der Waals surface area contributed by atoms with E-state index in [1.807, 2.05) is 18.5 Å². The fraction of sp³-hybridized carbons (Fsp3) is 0.643. The molecule has 0 aliphatic carbocycles. The van der Waals surface area contributed by atoms with Crippen molar-refractivity contribution in [2.45, 2.75) is 32.2 Å². The summed E-state index contributed by atoms with van der Waals surface area (Å²) >= 11 is 0. The number of pyridine rings is 1. The Labute approximate surface area is 104 Å². The molecule has 1 saturated heterocycles. The molecule has 2 heterocycles. The number of nitrogens with one attached hydrogen (secondary N) is 1. The van der Waals surface area contributed by atoms with Crippen molar-refractivity contribution in [1.82, 2.24) is 10.3 Å². The predicted molar refractivity (Wildman–Crippen MR) is 68.9 cm³/mol. The van der Waals surface area contributed by atoms with Gasteiger partial charge in [-0.3, -0.25) is 4.98 Å². The molecule has 2 rings (SSSR count). The zero-order valence-corrected chi connectivity index (χ0v) is 10.6. The third-order valence-electron chi connectivity index (χ3n) is 3.51. The quantitative estimate of drug-likeness (QED) is 0.846.